The lowest BCUT2D eigenvalue weighted by atomic mass is 9.88. The highest BCUT2D eigenvalue weighted by molar-refractivity contribution is 5.97. The summed E-state index contributed by atoms with van der Waals surface area (Å²) in [7, 11) is 3.12. The predicted octanol–water partition coefficient (Wildman–Crippen LogP) is 2.39. The smallest absolute Gasteiger partial charge is 0.251 e. The second-order valence-corrected chi connectivity index (χ2v) is 4.56. The number of ether oxygens (including phenoxy) is 1. The summed E-state index contributed by atoms with van der Waals surface area (Å²) in [5, 5.41) is 2.59. The maximum absolute atomic E-state index is 12.0. The van der Waals surface area contributed by atoms with Crippen molar-refractivity contribution < 1.29 is 14.3 Å². The van der Waals surface area contributed by atoms with Crippen LogP contribution in [-0.4, -0.2) is 26.4 Å². The van der Waals surface area contributed by atoms with E-state index in [1.165, 1.54) is 0 Å². The van der Waals surface area contributed by atoms with Crippen molar-refractivity contribution in [3.63, 3.8) is 0 Å². The minimum absolute atomic E-state index is 0.226. The average molecular weight is 283 g/mol. The van der Waals surface area contributed by atoms with Gasteiger partial charge in [0.15, 0.2) is 0 Å². The fourth-order valence-corrected chi connectivity index (χ4v) is 2.26. The molecule has 1 unspecified atom stereocenters. The third-order valence-electron chi connectivity index (χ3n) is 3.36. The lowest BCUT2D eigenvalue weighted by molar-refractivity contribution is -0.108. The zero-order valence-electron chi connectivity index (χ0n) is 12.0. The molecule has 0 aromatic heterocycles. The second-order valence-electron chi connectivity index (χ2n) is 4.56. The maximum atomic E-state index is 12.0. The normalized spacial score (nSPS) is 11.5. The van der Waals surface area contributed by atoms with Gasteiger partial charge in [-0.15, -0.1) is 0 Å². The van der Waals surface area contributed by atoms with Gasteiger partial charge in [-0.1, -0.05) is 30.3 Å². The van der Waals surface area contributed by atoms with Crippen LogP contribution in [0.3, 0.4) is 0 Å². The number of hydrogen-bond acceptors (Lipinski definition) is 3. The Morgan fingerprint density at radius 1 is 1.19 bits per heavy atom. The first-order valence-corrected chi connectivity index (χ1v) is 6.61. The van der Waals surface area contributed by atoms with Crippen molar-refractivity contribution in [3.05, 3.63) is 65.2 Å². The molecule has 0 aliphatic carbocycles. The first-order valence-electron chi connectivity index (χ1n) is 6.61. The number of rotatable bonds is 5. The fraction of sp³-hybridized carbons (Fsp3) is 0.176. The van der Waals surface area contributed by atoms with E-state index < -0.39 is 5.92 Å². The number of methoxy groups -OCH3 is 1. The molecule has 4 heteroatoms. The Balaban J connectivity index is 2.58. The third kappa shape index (κ3) is 3.11. The molecule has 0 bridgehead atoms. The van der Waals surface area contributed by atoms with E-state index >= 15 is 0 Å². The SMILES string of the molecule is CNC(=O)c1ccc(OC)cc1C(C=O)c1ccccc1. The van der Waals surface area contributed by atoms with Crippen LogP contribution in [0.4, 0.5) is 0 Å². The van der Waals surface area contributed by atoms with Gasteiger partial charge in [-0.25, -0.2) is 0 Å². The van der Waals surface area contributed by atoms with E-state index in [1.54, 1.807) is 32.4 Å². The highest BCUT2D eigenvalue weighted by Crippen LogP contribution is 2.29. The number of benzene rings is 2. The van der Waals surface area contributed by atoms with Gasteiger partial charge in [0.25, 0.3) is 5.91 Å². The second kappa shape index (κ2) is 6.70. The van der Waals surface area contributed by atoms with Gasteiger partial charge in [0.1, 0.15) is 12.0 Å². The Hall–Kier alpha value is -2.62. The Morgan fingerprint density at radius 2 is 1.90 bits per heavy atom. The van der Waals surface area contributed by atoms with Crippen molar-refractivity contribution in [1.29, 1.82) is 0 Å². The molecule has 0 saturated heterocycles. The maximum Gasteiger partial charge on any atom is 0.251 e. The quantitative estimate of drug-likeness (QED) is 0.857. The van der Waals surface area contributed by atoms with Gasteiger partial charge in [-0.05, 0) is 29.3 Å². The first-order chi connectivity index (χ1) is 10.2. The molecule has 0 radical (unpaired) electrons. The number of carbonyl (C=O) groups excluding carboxylic acids is 2. The summed E-state index contributed by atoms with van der Waals surface area (Å²) >= 11 is 0. The summed E-state index contributed by atoms with van der Waals surface area (Å²) in [5.41, 5.74) is 1.94. The van der Waals surface area contributed by atoms with Gasteiger partial charge in [-0.2, -0.15) is 0 Å². The van der Waals surface area contributed by atoms with Gasteiger partial charge in [0.05, 0.1) is 13.0 Å². The third-order valence-corrected chi connectivity index (χ3v) is 3.36. The molecule has 1 amide bonds. The largest absolute Gasteiger partial charge is 0.497 e. The van der Waals surface area contributed by atoms with Gasteiger partial charge < -0.3 is 14.8 Å². The lowest BCUT2D eigenvalue weighted by Crippen LogP contribution is -2.21. The van der Waals surface area contributed by atoms with Gasteiger partial charge in [0, 0.05) is 12.6 Å². The van der Waals surface area contributed by atoms with Crippen LogP contribution in [0.5, 0.6) is 5.75 Å². The number of aldehydes is 1. The molecule has 0 fully saturated rings. The summed E-state index contributed by atoms with van der Waals surface area (Å²) in [6, 6.07) is 14.5. The zero-order chi connectivity index (χ0) is 15.2. The van der Waals surface area contributed by atoms with Crippen LogP contribution in [0.25, 0.3) is 0 Å². The number of carbonyl (C=O) groups is 2. The first kappa shape index (κ1) is 14.8. The fourth-order valence-electron chi connectivity index (χ4n) is 2.26. The van der Waals surface area contributed by atoms with Crippen molar-refractivity contribution in [1.82, 2.24) is 5.32 Å². The molecule has 2 aromatic carbocycles. The van der Waals surface area contributed by atoms with E-state index in [-0.39, 0.29) is 5.91 Å². The number of hydrogen-bond donors (Lipinski definition) is 1. The standard InChI is InChI=1S/C17H17NO3/c1-18-17(20)14-9-8-13(21-2)10-15(14)16(11-19)12-6-4-3-5-7-12/h3-11,16H,1-2H3,(H,18,20). The highest BCUT2D eigenvalue weighted by atomic mass is 16.5. The van der Waals surface area contributed by atoms with Crippen LogP contribution >= 0.6 is 0 Å². The Morgan fingerprint density at radius 3 is 2.48 bits per heavy atom. The van der Waals surface area contributed by atoms with Gasteiger partial charge in [0.2, 0.25) is 0 Å². The summed E-state index contributed by atoms with van der Waals surface area (Å²) in [6.07, 6.45) is 0.844. The summed E-state index contributed by atoms with van der Waals surface area (Å²) in [4.78, 5) is 23.6. The lowest BCUT2D eigenvalue weighted by Gasteiger charge is -2.16. The average Bonchev–Trinajstić information content (AvgIpc) is 2.55. The molecule has 1 N–H and O–H groups in total. The van der Waals surface area contributed by atoms with Crippen LogP contribution in [0, 0.1) is 0 Å². The molecule has 2 aromatic rings. The van der Waals surface area contributed by atoms with Crippen LogP contribution in [0.15, 0.2) is 48.5 Å². The molecule has 0 aliphatic heterocycles. The van der Waals surface area contributed by atoms with Crippen molar-refractivity contribution in [2.45, 2.75) is 5.92 Å². The van der Waals surface area contributed by atoms with Crippen molar-refractivity contribution in [2.24, 2.45) is 0 Å². The Labute approximate surface area is 123 Å². The van der Waals surface area contributed by atoms with Crippen LogP contribution in [0.2, 0.25) is 0 Å². The molecule has 4 nitrogen and oxygen atoms in total. The minimum atomic E-state index is -0.506. The van der Waals surface area contributed by atoms with E-state index in [4.69, 9.17) is 4.74 Å². The molecular weight excluding hydrogens is 266 g/mol. The highest BCUT2D eigenvalue weighted by Gasteiger charge is 2.20. The van der Waals surface area contributed by atoms with Gasteiger partial charge >= 0.3 is 0 Å². The van der Waals surface area contributed by atoms with Crippen LogP contribution in [-0.2, 0) is 4.79 Å². The van der Waals surface area contributed by atoms with E-state index in [0.29, 0.717) is 16.9 Å². The van der Waals surface area contributed by atoms with E-state index in [0.717, 1.165) is 11.8 Å². The van der Waals surface area contributed by atoms with Gasteiger partial charge in [-0.3, -0.25) is 4.79 Å². The monoisotopic (exact) mass is 283 g/mol. The molecule has 0 aliphatic rings. The Kier molecular flexibility index (Phi) is 4.72. The van der Waals surface area contributed by atoms with E-state index in [9.17, 15) is 9.59 Å². The molecule has 21 heavy (non-hydrogen) atoms. The van der Waals surface area contributed by atoms with Crippen molar-refractivity contribution in [2.75, 3.05) is 14.2 Å². The summed E-state index contributed by atoms with van der Waals surface area (Å²) in [6.45, 7) is 0. The summed E-state index contributed by atoms with van der Waals surface area (Å²) in [5.74, 6) is -0.121. The topological polar surface area (TPSA) is 55.4 Å². The Bertz CT molecular complexity index is 638. The van der Waals surface area contributed by atoms with Crippen LogP contribution < -0.4 is 10.1 Å². The predicted molar refractivity (Wildman–Crippen MR) is 80.7 cm³/mol. The minimum Gasteiger partial charge on any atom is -0.497 e. The summed E-state index contributed by atoms with van der Waals surface area (Å²) < 4.78 is 5.21. The molecule has 0 heterocycles. The van der Waals surface area contributed by atoms with E-state index in [2.05, 4.69) is 5.32 Å². The molecule has 2 rings (SSSR count). The molecular formula is C17H17NO3. The number of nitrogens with one attached hydrogen (secondary N) is 1. The van der Waals surface area contributed by atoms with Crippen molar-refractivity contribution in [3.8, 4) is 5.75 Å². The molecule has 108 valence electrons. The van der Waals surface area contributed by atoms with Crippen molar-refractivity contribution >= 4 is 12.2 Å². The molecule has 1 atom stereocenters. The van der Waals surface area contributed by atoms with E-state index in [1.807, 2.05) is 30.3 Å². The zero-order valence-corrected chi connectivity index (χ0v) is 12.0. The number of amides is 1. The molecule has 0 saturated carbocycles. The van der Waals surface area contributed by atoms with Crippen LogP contribution in [0.1, 0.15) is 27.4 Å². The molecule has 0 spiro atoms.